The molecule has 2 N–H and O–H groups in total. The highest BCUT2D eigenvalue weighted by Gasteiger charge is 2.00. The van der Waals surface area contributed by atoms with E-state index in [1.807, 2.05) is 25.1 Å². The van der Waals surface area contributed by atoms with Crippen LogP contribution in [0, 0.1) is 6.92 Å². The second kappa shape index (κ2) is 2.96. The van der Waals surface area contributed by atoms with Crippen molar-refractivity contribution in [3.8, 4) is 0 Å². The molecule has 0 radical (unpaired) electrons. The number of nitrogens with two attached hydrogens (primary N) is 1. The standard InChI is InChI=1S/C11H11NS/c1-7-5-8-3-2-4-10(12)9(8)6-11(7)13/h2-6,13H,12H2,1H3. The topological polar surface area (TPSA) is 26.0 Å². The van der Waals surface area contributed by atoms with Gasteiger partial charge in [-0.05, 0) is 30.0 Å². The lowest BCUT2D eigenvalue weighted by Crippen LogP contribution is -1.87. The fourth-order valence-electron chi connectivity index (χ4n) is 1.45. The molecule has 0 aliphatic carbocycles. The lowest BCUT2D eigenvalue weighted by molar-refractivity contribution is 1.34. The van der Waals surface area contributed by atoms with Crippen LogP contribution < -0.4 is 5.73 Å². The molecule has 0 aliphatic rings. The molecule has 0 atom stereocenters. The fraction of sp³-hybridized carbons (Fsp3) is 0.0909. The van der Waals surface area contributed by atoms with Crippen LogP contribution in [-0.4, -0.2) is 0 Å². The first kappa shape index (κ1) is 8.45. The van der Waals surface area contributed by atoms with Crippen molar-refractivity contribution in [3.05, 3.63) is 35.9 Å². The van der Waals surface area contributed by atoms with Crippen LogP contribution in [0.1, 0.15) is 5.56 Å². The fourth-order valence-corrected chi connectivity index (χ4v) is 1.65. The second-order valence-electron chi connectivity index (χ2n) is 3.21. The summed E-state index contributed by atoms with van der Waals surface area (Å²) in [5.74, 6) is 0. The molecule has 1 nitrogen and oxygen atoms in total. The Balaban J connectivity index is 2.89. The van der Waals surface area contributed by atoms with Crippen molar-refractivity contribution in [3.63, 3.8) is 0 Å². The van der Waals surface area contributed by atoms with Gasteiger partial charge in [-0.1, -0.05) is 18.2 Å². The van der Waals surface area contributed by atoms with Crippen LogP contribution in [0.25, 0.3) is 10.8 Å². The van der Waals surface area contributed by atoms with Crippen LogP contribution in [0.4, 0.5) is 5.69 Å². The van der Waals surface area contributed by atoms with E-state index in [2.05, 4.69) is 24.8 Å². The Morgan fingerprint density at radius 3 is 2.77 bits per heavy atom. The Hall–Kier alpha value is -1.15. The molecule has 0 unspecified atom stereocenters. The zero-order valence-corrected chi connectivity index (χ0v) is 8.31. The number of hydrogen-bond donors (Lipinski definition) is 2. The van der Waals surface area contributed by atoms with Gasteiger partial charge in [-0.3, -0.25) is 0 Å². The lowest BCUT2D eigenvalue weighted by atomic mass is 10.1. The maximum Gasteiger partial charge on any atom is 0.0394 e. The Morgan fingerprint density at radius 1 is 1.23 bits per heavy atom. The number of anilines is 1. The summed E-state index contributed by atoms with van der Waals surface area (Å²) in [6.07, 6.45) is 0. The number of thiol groups is 1. The highest BCUT2D eigenvalue weighted by atomic mass is 32.1. The first-order valence-corrected chi connectivity index (χ1v) is 4.61. The van der Waals surface area contributed by atoms with E-state index in [1.54, 1.807) is 0 Å². The summed E-state index contributed by atoms with van der Waals surface area (Å²) < 4.78 is 0. The SMILES string of the molecule is Cc1cc2cccc(N)c2cc1S. The number of hydrogen-bond acceptors (Lipinski definition) is 2. The molecule has 0 fully saturated rings. The van der Waals surface area contributed by atoms with Crippen molar-refractivity contribution >= 4 is 29.1 Å². The minimum absolute atomic E-state index is 0.813. The molecule has 0 spiro atoms. The summed E-state index contributed by atoms with van der Waals surface area (Å²) >= 11 is 4.37. The molecule has 2 aromatic carbocycles. The summed E-state index contributed by atoms with van der Waals surface area (Å²) in [5, 5.41) is 2.26. The third kappa shape index (κ3) is 1.38. The van der Waals surface area contributed by atoms with E-state index in [1.165, 1.54) is 10.9 Å². The predicted molar refractivity (Wildman–Crippen MR) is 60.3 cm³/mol. The monoisotopic (exact) mass is 189 g/mol. The largest absolute Gasteiger partial charge is 0.398 e. The summed E-state index contributed by atoms with van der Waals surface area (Å²) in [5.41, 5.74) is 7.84. The molecule has 0 heterocycles. The van der Waals surface area contributed by atoms with Crippen LogP contribution in [0.2, 0.25) is 0 Å². The van der Waals surface area contributed by atoms with Crippen LogP contribution in [0.5, 0.6) is 0 Å². The normalized spacial score (nSPS) is 10.6. The maximum absolute atomic E-state index is 5.84. The number of nitrogen functional groups attached to an aromatic ring is 1. The summed E-state index contributed by atoms with van der Waals surface area (Å²) in [6, 6.07) is 10.1. The molecule has 0 aromatic heterocycles. The summed E-state index contributed by atoms with van der Waals surface area (Å²) in [4.78, 5) is 0.991. The van der Waals surface area contributed by atoms with Crippen molar-refractivity contribution in [2.24, 2.45) is 0 Å². The van der Waals surface area contributed by atoms with Gasteiger partial charge < -0.3 is 5.73 Å². The molecule has 2 aromatic rings. The molecule has 0 saturated carbocycles. The molecule has 0 aliphatic heterocycles. The molecular weight excluding hydrogens is 178 g/mol. The summed E-state index contributed by atoms with van der Waals surface area (Å²) in [7, 11) is 0. The second-order valence-corrected chi connectivity index (χ2v) is 3.69. The first-order valence-electron chi connectivity index (χ1n) is 4.16. The Bertz CT molecular complexity index is 463. The van der Waals surface area contributed by atoms with E-state index >= 15 is 0 Å². The average molecular weight is 189 g/mol. The third-order valence-corrected chi connectivity index (χ3v) is 2.71. The lowest BCUT2D eigenvalue weighted by Gasteiger charge is -2.05. The number of rotatable bonds is 0. The first-order chi connectivity index (χ1) is 6.18. The van der Waals surface area contributed by atoms with Crippen molar-refractivity contribution in [1.29, 1.82) is 0 Å². The van der Waals surface area contributed by atoms with Gasteiger partial charge in [0.2, 0.25) is 0 Å². The highest BCUT2D eigenvalue weighted by Crippen LogP contribution is 2.26. The van der Waals surface area contributed by atoms with Crippen molar-refractivity contribution in [1.82, 2.24) is 0 Å². The molecule has 13 heavy (non-hydrogen) atoms. The molecule has 66 valence electrons. The smallest absolute Gasteiger partial charge is 0.0394 e. The Labute approximate surface area is 83.0 Å². The van der Waals surface area contributed by atoms with Gasteiger partial charge in [0.05, 0.1) is 0 Å². The van der Waals surface area contributed by atoms with Gasteiger partial charge in [-0.25, -0.2) is 0 Å². The van der Waals surface area contributed by atoms with Crippen LogP contribution in [0.3, 0.4) is 0 Å². The van der Waals surface area contributed by atoms with Crippen molar-refractivity contribution in [2.45, 2.75) is 11.8 Å². The van der Waals surface area contributed by atoms with Gasteiger partial charge in [0.1, 0.15) is 0 Å². The van der Waals surface area contributed by atoms with Gasteiger partial charge >= 0.3 is 0 Å². The van der Waals surface area contributed by atoms with E-state index in [9.17, 15) is 0 Å². The van der Waals surface area contributed by atoms with Crippen LogP contribution >= 0.6 is 12.6 Å². The molecule has 0 amide bonds. The molecule has 0 saturated heterocycles. The van der Waals surface area contributed by atoms with Gasteiger partial charge in [0.25, 0.3) is 0 Å². The zero-order chi connectivity index (χ0) is 9.42. The van der Waals surface area contributed by atoms with Crippen LogP contribution in [0.15, 0.2) is 35.2 Å². The molecule has 0 bridgehead atoms. The van der Waals surface area contributed by atoms with Gasteiger partial charge in [0.15, 0.2) is 0 Å². The quantitative estimate of drug-likeness (QED) is 0.483. The van der Waals surface area contributed by atoms with Gasteiger partial charge in [-0.15, -0.1) is 12.6 Å². The van der Waals surface area contributed by atoms with E-state index in [0.29, 0.717) is 0 Å². The minimum atomic E-state index is 0.813. The number of aryl methyl sites for hydroxylation is 1. The van der Waals surface area contributed by atoms with E-state index in [4.69, 9.17) is 5.73 Å². The summed E-state index contributed by atoms with van der Waals surface area (Å²) in [6.45, 7) is 2.05. The average Bonchev–Trinajstić information content (AvgIpc) is 2.09. The maximum atomic E-state index is 5.84. The highest BCUT2D eigenvalue weighted by molar-refractivity contribution is 7.80. The zero-order valence-electron chi connectivity index (χ0n) is 7.41. The van der Waals surface area contributed by atoms with Gasteiger partial charge in [0, 0.05) is 16.0 Å². The Kier molecular flexibility index (Phi) is 1.93. The minimum Gasteiger partial charge on any atom is -0.398 e. The number of benzene rings is 2. The van der Waals surface area contributed by atoms with Gasteiger partial charge in [-0.2, -0.15) is 0 Å². The Morgan fingerprint density at radius 2 is 2.00 bits per heavy atom. The van der Waals surface area contributed by atoms with Crippen molar-refractivity contribution in [2.75, 3.05) is 5.73 Å². The predicted octanol–water partition coefficient (Wildman–Crippen LogP) is 3.02. The molecule has 2 rings (SSSR count). The molecule has 2 heteroatoms. The van der Waals surface area contributed by atoms with Crippen molar-refractivity contribution < 1.29 is 0 Å². The van der Waals surface area contributed by atoms with Crippen LogP contribution in [-0.2, 0) is 0 Å². The molecular formula is C11H11NS. The van der Waals surface area contributed by atoms with E-state index in [0.717, 1.165) is 16.0 Å². The van der Waals surface area contributed by atoms with E-state index in [-0.39, 0.29) is 0 Å². The number of fused-ring (bicyclic) bond motifs is 1. The third-order valence-electron chi connectivity index (χ3n) is 2.23. The van der Waals surface area contributed by atoms with E-state index < -0.39 is 0 Å².